The number of nitrogens with one attached hydrogen (secondary N) is 2. The fraction of sp³-hybridized carbons (Fsp3) is 1.00. The average Bonchev–Trinajstić information content (AvgIpc) is 2.14. The van der Waals surface area contributed by atoms with Crippen LogP contribution in [0.1, 0.15) is 46.5 Å². The van der Waals surface area contributed by atoms with Crippen molar-refractivity contribution in [1.82, 2.24) is 10.6 Å². The maximum absolute atomic E-state index is 3.62. The van der Waals surface area contributed by atoms with Gasteiger partial charge in [0.15, 0.2) is 0 Å². The van der Waals surface area contributed by atoms with Crippen molar-refractivity contribution in [2.45, 2.75) is 52.5 Å². The minimum atomic E-state index is 0.470. The van der Waals surface area contributed by atoms with Crippen molar-refractivity contribution >= 4 is 0 Å². The van der Waals surface area contributed by atoms with Crippen molar-refractivity contribution in [3.8, 4) is 0 Å². The van der Waals surface area contributed by atoms with Crippen LogP contribution in [0.25, 0.3) is 0 Å². The zero-order chi connectivity index (χ0) is 10.4. The summed E-state index contributed by atoms with van der Waals surface area (Å²) in [5.41, 5.74) is 0.470. The molecule has 0 aliphatic carbocycles. The van der Waals surface area contributed by atoms with E-state index in [2.05, 4.69) is 31.4 Å². The van der Waals surface area contributed by atoms with Crippen molar-refractivity contribution in [1.29, 1.82) is 0 Å². The molecular formula is C12H26N2. The van der Waals surface area contributed by atoms with Crippen molar-refractivity contribution in [2.75, 3.05) is 19.6 Å². The first-order valence-corrected chi connectivity index (χ1v) is 6.11. The third-order valence-electron chi connectivity index (χ3n) is 3.39. The number of piperidine rings is 1. The summed E-state index contributed by atoms with van der Waals surface area (Å²) >= 11 is 0. The molecule has 1 rings (SSSR count). The van der Waals surface area contributed by atoms with E-state index in [1.807, 2.05) is 0 Å². The third-order valence-corrected chi connectivity index (χ3v) is 3.39. The van der Waals surface area contributed by atoms with E-state index in [0.29, 0.717) is 11.5 Å². The molecule has 0 saturated carbocycles. The maximum atomic E-state index is 3.62. The van der Waals surface area contributed by atoms with Gasteiger partial charge >= 0.3 is 0 Å². The molecule has 1 atom stereocenters. The van der Waals surface area contributed by atoms with Gasteiger partial charge in [0.1, 0.15) is 0 Å². The topological polar surface area (TPSA) is 24.1 Å². The molecule has 1 aliphatic rings. The molecule has 2 heteroatoms. The fourth-order valence-electron chi connectivity index (χ4n) is 2.17. The van der Waals surface area contributed by atoms with E-state index >= 15 is 0 Å². The second-order valence-electron chi connectivity index (χ2n) is 5.16. The van der Waals surface area contributed by atoms with Gasteiger partial charge in [-0.3, -0.25) is 0 Å². The minimum Gasteiger partial charge on any atom is -0.315 e. The lowest BCUT2D eigenvalue weighted by Gasteiger charge is -2.39. The molecule has 2 nitrogen and oxygen atoms in total. The van der Waals surface area contributed by atoms with Crippen LogP contribution < -0.4 is 10.6 Å². The summed E-state index contributed by atoms with van der Waals surface area (Å²) in [6, 6.07) is 0.660. The molecule has 0 aromatic carbocycles. The number of rotatable bonds is 5. The molecule has 14 heavy (non-hydrogen) atoms. The molecule has 0 bridgehead atoms. The van der Waals surface area contributed by atoms with Crippen molar-refractivity contribution in [3.05, 3.63) is 0 Å². The molecule has 2 N–H and O–H groups in total. The normalized spacial score (nSPS) is 26.4. The SMILES string of the molecule is CCCCNCC1NCCCC1(C)C. The van der Waals surface area contributed by atoms with Crippen LogP contribution in [0.15, 0.2) is 0 Å². The van der Waals surface area contributed by atoms with Crippen LogP contribution in [0.4, 0.5) is 0 Å². The predicted octanol–water partition coefficient (Wildman–Crippen LogP) is 2.15. The predicted molar refractivity (Wildman–Crippen MR) is 62.6 cm³/mol. The second kappa shape index (κ2) is 5.72. The monoisotopic (exact) mass is 198 g/mol. The Labute approximate surface area is 88.8 Å². The van der Waals surface area contributed by atoms with Crippen molar-refractivity contribution in [3.63, 3.8) is 0 Å². The largest absolute Gasteiger partial charge is 0.315 e. The van der Waals surface area contributed by atoms with Crippen LogP contribution in [-0.2, 0) is 0 Å². The van der Waals surface area contributed by atoms with Gasteiger partial charge in [-0.15, -0.1) is 0 Å². The van der Waals surface area contributed by atoms with Crippen LogP contribution in [0.2, 0.25) is 0 Å². The molecule has 84 valence electrons. The van der Waals surface area contributed by atoms with Crippen molar-refractivity contribution in [2.24, 2.45) is 5.41 Å². The zero-order valence-electron chi connectivity index (χ0n) is 10.0. The van der Waals surface area contributed by atoms with E-state index in [4.69, 9.17) is 0 Å². The molecule has 0 aromatic rings. The van der Waals surface area contributed by atoms with Gasteiger partial charge in [-0.1, -0.05) is 27.2 Å². The van der Waals surface area contributed by atoms with E-state index in [9.17, 15) is 0 Å². The van der Waals surface area contributed by atoms with Crippen LogP contribution in [0, 0.1) is 5.41 Å². The Hall–Kier alpha value is -0.0800. The van der Waals surface area contributed by atoms with Crippen molar-refractivity contribution < 1.29 is 0 Å². The van der Waals surface area contributed by atoms with Gasteiger partial charge in [-0.05, 0) is 37.8 Å². The van der Waals surface area contributed by atoms with Gasteiger partial charge in [0, 0.05) is 12.6 Å². The lowest BCUT2D eigenvalue weighted by molar-refractivity contribution is 0.176. The summed E-state index contributed by atoms with van der Waals surface area (Å²) < 4.78 is 0. The van der Waals surface area contributed by atoms with Crippen LogP contribution in [0.3, 0.4) is 0 Å². The number of unbranched alkanes of at least 4 members (excludes halogenated alkanes) is 1. The standard InChI is InChI=1S/C12H26N2/c1-4-5-8-13-10-11-12(2,3)7-6-9-14-11/h11,13-14H,4-10H2,1-3H3. The summed E-state index contributed by atoms with van der Waals surface area (Å²) in [4.78, 5) is 0. The maximum Gasteiger partial charge on any atom is 0.0243 e. The van der Waals surface area contributed by atoms with E-state index in [1.165, 1.54) is 38.8 Å². The Bertz CT molecular complexity index is 154. The molecule has 1 aliphatic heterocycles. The summed E-state index contributed by atoms with van der Waals surface area (Å²) in [6.07, 6.45) is 5.28. The molecule has 0 spiro atoms. The molecule has 0 aromatic heterocycles. The molecule has 1 heterocycles. The molecule has 1 fully saturated rings. The first-order chi connectivity index (χ1) is 6.67. The van der Waals surface area contributed by atoms with Crippen LogP contribution >= 0.6 is 0 Å². The van der Waals surface area contributed by atoms with Gasteiger partial charge in [0.25, 0.3) is 0 Å². The highest BCUT2D eigenvalue weighted by Crippen LogP contribution is 2.29. The number of hydrogen-bond acceptors (Lipinski definition) is 2. The molecular weight excluding hydrogens is 172 g/mol. The molecule has 1 unspecified atom stereocenters. The summed E-state index contributed by atoms with van der Waals surface area (Å²) in [5.74, 6) is 0. The Balaban J connectivity index is 2.20. The smallest absolute Gasteiger partial charge is 0.0243 e. The summed E-state index contributed by atoms with van der Waals surface area (Å²) in [7, 11) is 0. The summed E-state index contributed by atoms with van der Waals surface area (Å²) in [6.45, 7) is 10.5. The number of hydrogen-bond donors (Lipinski definition) is 2. The fourth-order valence-corrected chi connectivity index (χ4v) is 2.17. The van der Waals surface area contributed by atoms with Gasteiger partial charge in [-0.2, -0.15) is 0 Å². The summed E-state index contributed by atoms with van der Waals surface area (Å²) in [5, 5.41) is 7.17. The highest BCUT2D eigenvalue weighted by atomic mass is 15.0. The highest BCUT2D eigenvalue weighted by Gasteiger charge is 2.31. The van der Waals surface area contributed by atoms with E-state index in [1.54, 1.807) is 0 Å². The van der Waals surface area contributed by atoms with E-state index < -0.39 is 0 Å². The van der Waals surface area contributed by atoms with Crippen LogP contribution in [-0.4, -0.2) is 25.7 Å². The highest BCUT2D eigenvalue weighted by molar-refractivity contribution is 4.89. The van der Waals surface area contributed by atoms with E-state index in [0.717, 1.165) is 6.54 Å². The zero-order valence-corrected chi connectivity index (χ0v) is 10.0. The van der Waals surface area contributed by atoms with Gasteiger partial charge in [0.05, 0.1) is 0 Å². The second-order valence-corrected chi connectivity index (χ2v) is 5.16. The first-order valence-electron chi connectivity index (χ1n) is 6.11. The Morgan fingerprint density at radius 3 is 2.86 bits per heavy atom. The van der Waals surface area contributed by atoms with E-state index in [-0.39, 0.29) is 0 Å². The lowest BCUT2D eigenvalue weighted by atomic mass is 9.77. The lowest BCUT2D eigenvalue weighted by Crippen LogP contribution is -2.52. The van der Waals surface area contributed by atoms with Crippen LogP contribution in [0.5, 0.6) is 0 Å². The Morgan fingerprint density at radius 1 is 1.43 bits per heavy atom. The van der Waals surface area contributed by atoms with Gasteiger partial charge < -0.3 is 10.6 Å². The van der Waals surface area contributed by atoms with Gasteiger partial charge in [-0.25, -0.2) is 0 Å². The quantitative estimate of drug-likeness (QED) is 0.662. The molecule has 1 saturated heterocycles. The molecule has 0 amide bonds. The average molecular weight is 198 g/mol. The Kier molecular flexibility index (Phi) is 4.90. The molecule has 0 radical (unpaired) electrons. The van der Waals surface area contributed by atoms with Gasteiger partial charge in [0.2, 0.25) is 0 Å². The third kappa shape index (κ3) is 3.58. The minimum absolute atomic E-state index is 0.470. The first kappa shape index (κ1) is 12.0. The Morgan fingerprint density at radius 2 is 2.21 bits per heavy atom.